The van der Waals surface area contributed by atoms with Crippen molar-refractivity contribution >= 4 is 48.6 Å². The third-order valence-electron chi connectivity index (χ3n) is 3.17. The van der Waals surface area contributed by atoms with Crippen LogP contribution in [0.15, 0.2) is 64.9 Å². The van der Waals surface area contributed by atoms with Crippen LogP contribution in [0.3, 0.4) is 0 Å². The highest BCUT2D eigenvalue weighted by atomic mass is 33.1. The van der Waals surface area contributed by atoms with Crippen molar-refractivity contribution in [3.8, 4) is 0 Å². The summed E-state index contributed by atoms with van der Waals surface area (Å²) in [7, 11) is 3.65. The molecule has 0 fully saturated rings. The monoisotopic (exact) mass is 298 g/mol. The molecule has 4 rings (SSSR count). The molecule has 92 valence electrons. The molecule has 0 bridgehead atoms. The lowest BCUT2D eigenvalue weighted by Gasteiger charge is -2.14. The second kappa shape index (κ2) is 4.75. The number of thiophene rings is 1. The standard InChI is InChI=1S/C16H10S3/c1-3-7-14-11(5-1)9-16(18-14)13-10-17-19-15-8-4-2-6-12(13)15/h1-10H. The molecule has 0 nitrogen and oxygen atoms in total. The predicted molar refractivity (Wildman–Crippen MR) is 88.8 cm³/mol. The topological polar surface area (TPSA) is 0 Å². The maximum Gasteiger partial charge on any atom is 0.0367 e. The van der Waals surface area contributed by atoms with Crippen LogP contribution >= 0.6 is 32.9 Å². The van der Waals surface area contributed by atoms with Gasteiger partial charge in [0.15, 0.2) is 0 Å². The van der Waals surface area contributed by atoms with Gasteiger partial charge in [-0.1, -0.05) is 58.0 Å². The fraction of sp³-hybridized carbons (Fsp3) is 0. The molecule has 0 aliphatic carbocycles. The third-order valence-corrected chi connectivity index (χ3v) is 6.40. The summed E-state index contributed by atoms with van der Waals surface area (Å²) >= 11 is 1.88. The Hall–Kier alpha value is -1.16. The molecule has 2 heterocycles. The highest BCUT2D eigenvalue weighted by Gasteiger charge is 2.16. The largest absolute Gasteiger partial charge is 0.135 e. The van der Waals surface area contributed by atoms with E-state index in [1.54, 1.807) is 0 Å². The van der Waals surface area contributed by atoms with Crippen LogP contribution in [0.2, 0.25) is 0 Å². The van der Waals surface area contributed by atoms with Gasteiger partial charge in [-0.15, -0.1) is 11.3 Å². The van der Waals surface area contributed by atoms with Gasteiger partial charge in [0.25, 0.3) is 0 Å². The first-order chi connectivity index (χ1) is 9.42. The molecule has 3 aromatic rings. The Labute approximate surface area is 123 Å². The van der Waals surface area contributed by atoms with Gasteiger partial charge in [-0.2, -0.15) is 0 Å². The molecule has 0 unspecified atom stereocenters. The molecule has 0 atom stereocenters. The van der Waals surface area contributed by atoms with Crippen molar-refractivity contribution in [3.05, 3.63) is 70.4 Å². The van der Waals surface area contributed by atoms with Gasteiger partial charge in [0.2, 0.25) is 0 Å². The molecule has 0 amide bonds. The van der Waals surface area contributed by atoms with E-state index in [4.69, 9.17) is 0 Å². The minimum atomic E-state index is 1.34. The van der Waals surface area contributed by atoms with Crippen LogP contribution in [0.5, 0.6) is 0 Å². The first kappa shape index (κ1) is 11.6. The van der Waals surface area contributed by atoms with Gasteiger partial charge in [0.1, 0.15) is 0 Å². The van der Waals surface area contributed by atoms with Crippen molar-refractivity contribution in [1.29, 1.82) is 0 Å². The second-order valence-corrected chi connectivity index (χ2v) is 7.55. The zero-order valence-corrected chi connectivity index (χ0v) is 12.4. The third kappa shape index (κ3) is 2.02. The number of fused-ring (bicyclic) bond motifs is 2. The molecule has 0 saturated heterocycles. The summed E-state index contributed by atoms with van der Waals surface area (Å²) in [6.45, 7) is 0. The van der Waals surface area contributed by atoms with Crippen LogP contribution in [-0.2, 0) is 0 Å². The fourth-order valence-electron chi connectivity index (χ4n) is 2.25. The van der Waals surface area contributed by atoms with Gasteiger partial charge in [0.05, 0.1) is 0 Å². The Balaban J connectivity index is 1.90. The van der Waals surface area contributed by atoms with Gasteiger partial charge in [-0.25, -0.2) is 0 Å². The zero-order valence-electron chi connectivity index (χ0n) is 10.00. The molecule has 0 spiro atoms. The van der Waals surface area contributed by atoms with Crippen LogP contribution in [-0.4, -0.2) is 0 Å². The van der Waals surface area contributed by atoms with Crippen molar-refractivity contribution in [1.82, 2.24) is 0 Å². The average molecular weight is 298 g/mol. The molecule has 0 radical (unpaired) electrons. The molecule has 0 N–H and O–H groups in total. The van der Waals surface area contributed by atoms with Crippen LogP contribution in [0.25, 0.3) is 15.7 Å². The van der Waals surface area contributed by atoms with Crippen LogP contribution < -0.4 is 0 Å². The van der Waals surface area contributed by atoms with Crippen molar-refractivity contribution in [2.24, 2.45) is 0 Å². The Bertz CT molecular complexity index is 750. The molecule has 1 aliphatic rings. The van der Waals surface area contributed by atoms with E-state index in [1.165, 1.54) is 31.0 Å². The summed E-state index contributed by atoms with van der Waals surface area (Å²) < 4.78 is 1.36. The number of hydrogen-bond donors (Lipinski definition) is 0. The first-order valence-electron chi connectivity index (χ1n) is 6.04. The normalized spacial score (nSPS) is 14.2. The lowest BCUT2D eigenvalue weighted by Crippen LogP contribution is -1.89. The summed E-state index contributed by atoms with van der Waals surface area (Å²) in [6.07, 6.45) is 0. The van der Waals surface area contributed by atoms with Crippen molar-refractivity contribution < 1.29 is 0 Å². The minimum absolute atomic E-state index is 1.34. The van der Waals surface area contributed by atoms with Gasteiger partial charge in [-0.3, -0.25) is 0 Å². The summed E-state index contributed by atoms with van der Waals surface area (Å²) in [6, 6.07) is 19.6. The zero-order chi connectivity index (χ0) is 12.7. The molecular formula is C16H10S3. The quantitative estimate of drug-likeness (QED) is 0.502. The number of benzene rings is 2. The predicted octanol–water partition coefficient (Wildman–Crippen LogP) is 6.04. The molecule has 19 heavy (non-hydrogen) atoms. The number of hydrogen-bond acceptors (Lipinski definition) is 3. The lowest BCUT2D eigenvalue weighted by atomic mass is 10.1. The summed E-state index contributed by atoms with van der Waals surface area (Å²) in [5.41, 5.74) is 2.72. The van der Waals surface area contributed by atoms with E-state index in [1.807, 2.05) is 32.9 Å². The molecular weight excluding hydrogens is 288 g/mol. The van der Waals surface area contributed by atoms with E-state index in [9.17, 15) is 0 Å². The van der Waals surface area contributed by atoms with E-state index in [2.05, 4.69) is 60.0 Å². The molecule has 2 aromatic carbocycles. The smallest absolute Gasteiger partial charge is 0.0367 e. The lowest BCUT2D eigenvalue weighted by molar-refractivity contribution is 1.41. The average Bonchev–Trinajstić information content (AvgIpc) is 2.90. The minimum Gasteiger partial charge on any atom is -0.135 e. The van der Waals surface area contributed by atoms with Crippen molar-refractivity contribution in [2.75, 3.05) is 0 Å². The maximum absolute atomic E-state index is 2.30. The van der Waals surface area contributed by atoms with Crippen LogP contribution in [0.4, 0.5) is 0 Å². The highest BCUT2D eigenvalue weighted by Crippen LogP contribution is 2.47. The van der Waals surface area contributed by atoms with Gasteiger partial charge < -0.3 is 0 Å². The summed E-state index contributed by atoms with van der Waals surface area (Å²) in [5.74, 6) is 0. The van der Waals surface area contributed by atoms with Crippen molar-refractivity contribution in [2.45, 2.75) is 4.90 Å². The summed E-state index contributed by atoms with van der Waals surface area (Å²) in [5, 5.41) is 3.61. The van der Waals surface area contributed by atoms with E-state index in [-0.39, 0.29) is 0 Å². The Morgan fingerprint density at radius 2 is 1.68 bits per heavy atom. The van der Waals surface area contributed by atoms with E-state index >= 15 is 0 Å². The first-order valence-corrected chi connectivity index (χ1v) is 9.06. The van der Waals surface area contributed by atoms with Gasteiger partial charge in [-0.05, 0) is 34.6 Å². The van der Waals surface area contributed by atoms with Crippen LogP contribution in [0.1, 0.15) is 10.4 Å². The molecule has 3 heteroatoms. The van der Waals surface area contributed by atoms with E-state index < -0.39 is 0 Å². The molecule has 1 aliphatic heterocycles. The van der Waals surface area contributed by atoms with E-state index in [0.717, 1.165) is 0 Å². The Morgan fingerprint density at radius 3 is 2.63 bits per heavy atom. The molecule has 0 saturated carbocycles. The van der Waals surface area contributed by atoms with Gasteiger partial charge >= 0.3 is 0 Å². The maximum atomic E-state index is 2.30. The van der Waals surface area contributed by atoms with Crippen molar-refractivity contribution in [3.63, 3.8) is 0 Å². The second-order valence-electron chi connectivity index (χ2n) is 4.36. The SMILES string of the molecule is C1=C(c2cc3ccccc3s2)c2ccccc2SS1. The fourth-order valence-corrected chi connectivity index (χ4v) is 5.51. The molecule has 1 aromatic heterocycles. The van der Waals surface area contributed by atoms with E-state index in [0.29, 0.717) is 0 Å². The summed E-state index contributed by atoms with van der Waals surface area (Å²) in [4.78, 5) is 2.73. The van der Waals surface area contributed by atoms with Gasteiger partial charge in [0, 0.05) is 20.0 Å². The Morgan fingerprint density at radius 1 is 0.842 bits per heavy atom. The van der Waals surface area contributed by atoms with Crippen LogP contribution in [0, 0.1) is 0 Å². The number of rotatable bonds is 1. The highest BCUT2D eigenvalue weighted by molar-refractivity contribution is 8.78. The Kier molecular flexibility index (Phi) is 2.91.